The Morgan fingerprint density at radius 2 is 2.31 bits per heavy atom. The van der Waals surface area contributed by atoms with Crippen molar-refractivity contribution in [2.75, 3.05) is 13.6 Å². The molecule has 0 aliphatic heterocycles. The highest BCUT2D eigenvalue weighted by molar-refractivity contribution is 5.41. The molecule has 1 heterocycles. The molecule has 88 valence electrons. The first-order valence-electron chi connectivity index (χ1n) is 4.98. The van der Waals surface area contributed by atoms with Crippen LogP contribution in [0, 0.1) is 17.0 Å². The summed E-state index contributed by atoms with van der Waals surface area (Å²) in [6.45, 7) is 4.19. The van der Waals surface area contributed by atoms with Crippen LogP contribution >= 0.6 is 0 Å². The van der Waals surface area contributed by atoms with Crippen LogP contribution in [0.2, 0.25) is 0 Å². The first-order valence-corrected chi connectivity index (χ1v) is 4.98. The Morgan fingerprint density at radius 1 is 1.62 bits per heavy atom. The lowest BCUT2D eigenvalue weighted by Gasteiger charge is -2.13. The van der Waals surface area contributed by atoms with E-state index >= 15 is 0 Å². The second-order valence-corrected chi connectivity index (χ2v) is 3.52. The van der Waals surface area contributed by atoms with Gasteiger partial charge in [-0.15, -0.1) is 0 Å². The minimum absolute atomic E-state index is 0.0766. The zero-order valence-corrected chi connectivity index (χ0v) is 9.56. The van der Waals surface area contributed by atoms with Crippen molar-refractivity contribution in [2.24, 2.45) is 0 Å². The van der Waals surface area contributed by atoms with Gasteiger partial charge in [0.2, 0.25) is 0 Å². The Hall–Kier alpha value is -1.69. The molecule has 6 heteroatoms. The molecule has 0 bridgehead atoms. The summed E-state index contributed by atoms with van der Waals surface area (Å²) in [5.41, 5.74) is 0.589. The molecule has 0 fully saturated rings. The molecule has 0 aliphatic carbocycles. The lowest BCUT2D eigenvalue weighted by Crippen LogP contribution is -2.26. The Labute approximate surface area is 93.8 Å². The maximum atomic E-state index is 10.7. The van der Waals surface area contributed by atoms with Gasteiger partial charge in [-0.1, -0.05) is 0 Å². The lowest BCUT2D eigenvalue weighted by molar-refractivity contribution is -0.386. The van der Waals surface area contributed by atoms with Crippen LogP contribution in [0.1, 0.15) is 12.6 Å². The molecule has 1 aromatic heterocycles. The van der Waals surface area contributed by atoms with Crippen molar-refractivity contribution in [3.8, 4) is 5.88 Å². The number of likely N-dealkylation sites (N-methyl/N-ethyl adjacent to an activating group) is 1. The molecule has 1 N–H and O–H groups in total. The van der Waals surface area contributed by atoms with Crippen molar-refractivity contribution in [2.45, 2.75) is 20.0 Å². The van der Waals surface area contributed by atoms with Crippen LogP contribution in [0.3, 0.4) is 0 Å². The van der Waals surface area contributed by atoms with Crippen LogP contribution in [-0.2, 0) is 0 Å². The van der Waals surface area contributed by atoms with Crippen molar-refractivity contribution in [1.29, 1.82) is 0 Å². The standard InChI is InChI=1S/C10H15N3O3/c1-7-4-5-9(13(14)15)10(12-7)16-8(2)6-11-3/h4-5,8,11H,6H2,1-3H3. The molecule has 0 aliphatic rings. The quantitative estimate of drug-likeness (QED) is 0.603. The molecule has 1 atom stereocenters. The summed E-state index contributed by atoms with van der Waals surface area (Å²) in [5.74, 6) is 0.0766. The van der Waals surface area contributed by atoms with E-state index < -0.39 is 4.92 Å². The SMILES string of the molecule is CNCC(C)Oc1nc(C)ccc1[N+](=O)[O-]. The number of ether oxygens (including phenoxy) is 1. The summed E-state index contributed by atoms with van der Waals surface area (Å²) in [6, 6.07) is 3.00. The molecule has 0 spiro atoms. The van der Waals surface area contributed by atoms with Gasteiger partial charge in [-0.05, 0) is 27.0 Å². The van der Waals surface area contributed by atoms with Gasteiger partial charge in [0.15, 0.2) is 0 Å². The van der Waals surface area contributed by atoms with E-state index in [1.807, 2.05) is 6.92 Å². The third-order valence-corrected chi connectivity index (χ3v) is 1.98. The van der Waals surface area contributed by atoms with Gasteiger partial charge in [-0.2, -0.15) is 0 Å². The van der Waals surface area contributed by atoms with Gasteiger partial charge in [0.05, 0.1) is 4.92 Å². The largest absolute Gasteiger partial charge is 0.468 e. The van der Waals surface area contributed by atoms with E-state index in [0.29, 0.717) is 12.2 Å². The average molecular weight is 225 g/mol. The first kappa shape index (κ1) is 12.4. The minimum Gasteiger partial charge on any atom is -0.468 e. The number of nitrogens with zero attached hydrogens (tertiary/aromatic N) is 2. The molecule has 0 saturated carbocycles. The number of aromatic nitrogens is 1. The number of rotatable bonds is 5. The van der Waals surface area contributed by atoms with E-state index in [0.717, 1.165) is 0 Å². The number of hydrogen-bond acceptors (Lipinski definition) is 5. The molecule has 16 heavy (non-hydrogen) atoms. The zero-order valence-electron chi connectivity index (χ0n) is 9.56. The third kappa shape index (κ3) is 3.16. The molecule has 1 aromatic rings. The van der Waals surface area contributed by atoms with E-state index in [2.05, 4.69) is 10.3 Å². The highest BCUT2D eigenvalue weighted by atomic mass is 16.6. The van der Waals surface area contributed by atoms with Crippen LogP contribution < -0.4 is 10.1 Å². The van der Waals surface area contributed by atoms with Crippen molar-refractivity contribution in [3.05, 3.63) is 27.9 Å². The van der Waals surface area contributed by atoms with Crippen LogP contribution in [0.15, 0.2) is 12.1 Å². The summed E-state index contributed by atoms with van der Waals surface area (Å²) >= 11 is 0. The molecule has 6 nitrogen and oxygen atoms in total. The fraction of sp³-hybridized carbons (Fsp3) is 0.500. The predicted molar refractivity (Wildman–Crippen MR) is 59.6 cm³/mol. The second kappa shape index (κ2) is 5.41. The molecule has 0 saturated heterocycles. The van der Waals surface area contributed by atoms with Gasteiger partial charge in [0, 0.05) is 18.3 Å². The van der Waals surface area contributed by atoms with Crippen molar-refractivity contribution < 1.29 is 9.66 Å². The van der Waals surface area contributed by atoms with E-state index in [1.54, 1.807) is 20.0 Å². The van der Waals surface area contributed by atoms with Crippen molar-refractivity contribution in [1.82, 2.24) is 10.3 Å². The highest BCUT2D eigenvalue weighted by Gasteiger charge is 2.18. The average Bonchev–Trinajstić information content (AvgIpc) is 2.17. The Bertz CT molecular complexity index is 382. The topological polar surface area (TPSA) is 77.3 Å². The van der Waals surface area contributed by atoms with Crippen molar-refractivity contribution >= 4 is 5.69 Å². The van der Waals surface area contributed by atoms with Gasteiger partial charge in [-0.3, -0.25) is 10.1 Å². The molecule has 1 unspecified atom stereocenters. The number of aryl methyl sites for hydroxylation is 1. The van der Waals surface area contributed by atoms with Gasteiger partial charge in [0.25, 0.3) is 5.88 Å². The Balaban J connectivity index is 2.92. The highest BCUT2D eigenvalue weighted by Crippen LogP contribution is 2.25. The van der Waals surface area contributed by atoms with Crippen LogP contribution in [0.25, 0.3) is 0 Å². The molecule has 0 amide bonds. The monoisotopic (exact) mass is 225 g/mol. The number of nitrogens with one attached hydrogen (secondary N) is 1. The van der Waals surface area contributed by atoms with Gasteiger partial charge in [0.1, 0.15) is 6.10 Å². The summed E-state index contributed by atoms with van der Waals surface area (Å²) in [7, 11) is 1.79. The zero-order chi connectivity index (χ0) is 12.1. The second-order valence-electron chi connectivity index (χ2n) is 3.52. The van der Waals surface area contributed by atoms with E-state index in [4.69, 9.17) is 4.74 Å². The lowest BCUT2D eigenvalue weighted by atomic mass is 10.3. The van der Waals surface area contributed by atoms with Crippen molar-refractivity contribution in [3.63, 3.8) is 0 Å². The fourth-order valence-electron chi connectivity index (χ4n) is 1.27. The molecule has 1 rings (SSSR count). The minimum atomic E-state index is -0.492. The van der Waals surface area contributed by atoms with Crippen LogP contribution in [-0.4, -0.2) is 29.6 Å². The molecular weight excluding hydrogens is 210 g/mol. The molecular formula is C10H15N3O3. The summed E-state index contributed by atoms with van der Waals surface area (Å²) in [6.07, 6.45) is -0.169. The molecule has 0 radical (unpaired) electrons. The third-order valence-electron chi connectivity index (χ3n) is 1.98. The van der Waals surface area contributed by atoms with Gasteiger partial charge in [-0.25, -0.2) is 4.98 Å². The fourth-order valence-corrected chi connectivity index (χ4v) is 1.27. The summed E-state index contributed by atoms with van der Waals surface area (Å²) in [4.78, 5) is 14.3. The summed E-state index contributed by atoms with van der Waals surface area (Å²) in [5, 5.41) is 13.7. The van der Waals surface area contributed by atoms with Gasteiger partial charge >= 0.3 is 5.69 Å². The molecule has 0 aromatic carbocycles. The van der Waals surface area contributed by atoms with E-state index in [1.165, 1.54) is 6.07 Å². The first-order chi connectivity index (χ1) is 7.54. The van der Waals surface area contributed by atoms with E-state index in [-0.39, 0.29) is 17.7 Å². The number of pyridine rings is 1. The maximum absolute atomic E-state index is 10.7. The maximum Gasteiger partial charge on any atom is 0.330 e. The predicted octanol–water partition coefficient (Wildman–Crippen LogP) is 1.28. The van der Waals surface area contributed by atoms with Gasteiger partial charge < -0.3 is 10.1 Å². The normalized spacial score (nSPS) is 12.2. The van der Waals surface area contributed by atoms with Crippen LogP contribution in [0.5, 0.6) is 5.88 Å². The Kier molecular flexibility index (Phi) is 4.19. The van der Waals surface area contributed by atoms with E-state index in [9.17, 15) is 10.1 Å². The number of nitro groups is 1. The number of hydrogen-bond donors (Lipinski definition) is 1. The smallest absolute Gasteiger partial charge is 0.330 e. The summed E-state index contributed by atoms with van der Waals surface area (Å²) < 4.78 is 5.41. The Morgan fingerprint density at radius 3 is 2.88 bits per heavy atom. The van der Waals surface area contributed by atoms with Crippen LogP contribution in [0.4, 0.5) is 5.69 Å².